The summed E-state index contributed by atoms with van der Waals surface area (Å²) in [6.07, 6.45) is 2.41. The van der Waals surface area contributed by atoms with E-state index in [1.165, 1.54) is 11.8 Å². The van der Waals surface area contributed by atoms with E-state index in [-0.39, 0.29) is 5.69 Å². The van der Waals surface area contributed by atoms with Crippen molar-refractivity contribution in [3.8, 4) is 6.07 Å². The number of nitrogens with one attached hydrogen (secondary N) is 1. The SMILES string of the molecule is CCCn1c(Sc2cc(C#N)ccn2)n[nH]c1=O. The average Bonchev–Trinajstić information content (AvgIpc) is 2.72. The smallest absolute Gasteiger partial charge is 0.270 e. The van der Waals surface area contributed by atoms with Crippen LogP contribution in [0.3, 0.4) is 0 Å². The third-order valence-corrected chi connectivity index (χ3v) is 3.16. The summed E-state index contributed by atoms with van der Waals surface area (Å²) in [6, 6.07) is 5.35. The van der Waals surface area contributed by atoms with E-state index in [2.05, 4.69) is 15.2 Å². The van der Waals surface area contributed by atoms with Crippen LogP contribution in [0.5, 0.6) is 0 Å². The first-order valence-electron chi connectivity index (χ1n) is 5.43. The molecule has 18 heavy (non-hydrogen) atoms. The van der Waals surface area contributed by atoms with Crippen LogP contribution in [0.2, 0.25) is 0 Å². The second-order valence-corrected chi connectivity index (χ2v) is 4.55. The molecular formula is C11H11N5OS. The predicted octanol–water partition coefficient (Wildman–Crippen LogP) is 1.40. The summed E-state index contributed by atoms with van der Waals surface area (Å²) in [5.41, 5.74) is 0.309. The van der Waals surface area contributed by atoms with Crippen molar-refractivity contribution in [2.45, 2.75) is 30.1 Å². The summed E-state index contributed by atoms with van der Waals surface area (Å²) >= 11 is 1.26. The molecule has 0 bridgehead atoms. The van der Waals surface area contributed by atoms with Gasteiger partial charge in [0, 0.05) is 12.7 Å². The minimum atomic E-state index is -0.226. The molecule has 92 valence electrons. The lowest BCUT2D eigenvalue weighted by molar-refractivity contribution is 0.603. The van der Waals surface area contributed by atoms with Gasteiger partial charge in [-0.05, 0) is 30.3 Å². The van der Waals surface area contributed by atoms with Crippen molar-refractivity contribution in [1.82, 2.24) is 19.7 Å². The third kappa shape index (κ3) is 2.60. The highest BCUT2D eigenvalue weighted by atomic mass is 32.2. The van der Waals surface area contributed by atoms with Crippen molar-refractivity contribution in [1.29, 1.82) is 5.26 Å². The lowest BCUT2D eigenvalue weighted by Crippen LogP contribution is -2.17. The molecule has 0 aliphatic heterocycles. The van der Waals surface area contributed by atoms with Crippen LogP contribution in [0.15, 0.2) is 33.3 Å². The number of nitriles is 1. The Morgan fingerprint density at radius 1 is 1.61 bits per heavy atom. The first kappa shape index (κ1) is 12.4. The van der Waals surface area contributed by atoms with Crippen LogP contribution in [-0.2, 0) is 6.54 Å². The van der Waals surface area contributed by atoms with Gasteiger partial charge in [0.1, 0.15) is 5.03 Å². The molecule has 0 unspecified atom stereocenters. The Bertz CT molecular complexity index is 639. The van der Waals surface area contributed by atoms with E-state index in [0.717, 1.165) is 6.42 Å². The van der Waals surface area contributed by atoms with Gasteiger partial charge in [0.05, 0.1) is 11.6 Å². The van der Waals surface area contributed by atoms with E-state index in [1.54, 1.807) is 22.9 Å². The highest BCUT2D eigenvalue weighted by Gasteiger charge is 2.10. The van der Waals surface area contributed by atoms with E-state index in [9.17, 15) is 4.79 Å². The van der Waals surface area contributed by atoms with Crippen LogP contribution in [0.25, 0.3) is 0 Å². The number of pyridine rings is 1. The third-order valence-electron chi connectivity index (χ3n) is 2.23. The van der Waals surface area contributed by atoms with Crippen molar-refractivity contribution in [3.05, 3.63) is 34.4 Å². The first-order chi connectivity index (χ1) is 8.74. The molecule has 2 heterocycles. The van der Waals surface area contributed by atoms with Crippen molar-refractivity contribution in [2.75, 3.05) is 0 Å². The molecule has 0 aromatic carbocycles. The lowest BCUT2D eigenvalue weighted by atomic mass is 10.3. The zero-order chi connectivity index (χ0) is 13.0. The molecule has 1 N–H and O–H groups in total. The lowest BCUT2D eigenvalue weighted by Gasteiger charge is -2.02. The fourth-order valence-corrected chi connectivity index (χ4v) is 2.29. The zero-order valence-electron chi connectivity index (χ0n) is 9.75. The van der Waals surface area contributed by atoms with E-state index in [4.69, 9.17) is 5.26 Å². The van der Waals surface area contributed by atoms with Crippen molar-refractivity contribution < 1.29 is 0 Å². The minimum Gasteiger partial charge on any atom is -0.270 e. The standard InChI is InChI=1S/C11H11N5OS/c1-2-5-16-10(17)14-15-11(16)18-9-6-8(7-12)3-4-13-9/h3-4,6H,2,5H2,1H3,(H,14,17). The van der Waals surface area contributed by atoms with Crippen LogP contribution in [0, 0.1) is 11.3 Å². The second-order valence-electron chi connectivity index (χ2n) is 3.56. The first-order valence-corrected chi connectivity index (χ1v) is 6.25. The van der Waals surface area contributed by atoms with Crippen LogP contribution in [0.1, 0.15) is 18.9 Å². The quantitative estimate of drug-likeness (QED) is 0.898. The highest BCUT2D eigenvalue weighted by molar-refractivity contribution is 7.99. The van der Waals surface area contributed by atoms with Crippen molar-refractivity contribution >= 4 is 11.8 Å². The van der Waals surface area contributed by atoms with Crippen molar-refractivity contribution in [3.63, 3.8) is 0 Å². The molecule has 0 aliphatic carbocycles. The normalized spacial score (nSPS) is 10.2. The van der Waals surface area contributed by atoms with Gasteiger partial charge in [-0.3, -0.25) is 4.57 Å². The number of aromatic nitrogens is 4. The summed E-state index contributed by atoms with van der Waals surface area (Å²) in [6.45, 7) is 2.60. The fourth-order valence-electron chi connectivity index (χ4n) is 1.43. The minimum absolute atomic E-state index is 0.226. The van der Waals surface area contributed by atoms with Gasteiger partial charge < -0.3 is 0 Å². The number of H-pyrrole nitrogens is 1. The number of rotatable bonds is 4. The Balaban J connectivity index is 2.28. The molecule has 0 saturated heterocycles. The average molecular weight is 261 g/mol. The number of hydrogen-bond donors (Lipinski definition) is 1. The molecule has 0 amide bonds. The maximum Gasteiger partial charge on any atom is 0.343 e. The predicted molar refractivity (Wildman–Crippen MR) is 66.2 cm³/mol. The molecule has 7 heteroatoms. The van der Waals surface area contributed by atoms with E-state index in [1.807, 2.05) is 13.0 Å². The molecule has 0 atom stereocenters. The summed E-state index contributed by atoms with van der Waals surface area (Å²) in [7, 11) is 0. The molecule has 0 aliphatic rings. The molecule has 0 radical (unpaired) electrons. The van der Waals surface area contributed by atoms with Gasteiger partial charge in [0.15, 0.2) is 5.16 Å². The molecule has 2 aromatic rings. The van der Waals surface area contributed by atoms with Crippen molar-refractivity contribution in [2.24, 2.45) is 0 Å². The molecule has 0 spiro atoms. The molecule has 6 nitrogen and oxygen atoms in total. The Kier molecular flexibility index (Phi) is 3.79. The Hall–Kier alpha value is -2.07. The van der Waals surface area contributed by atoms with Gasteiger partial charge in [0.2, 0.25) is 0 Å². The van der Waals surface area contributed by atoms with Gasteiger partial charge in [-0.25, -0.2) is 14.9 Å². The maximum absolute atomic E-state index is 11.5. The van der Waals surface area contributed by atoms with Gasteiger partial charge in [-0.1, -0.05) is 6.92 Å². The topological polar surface area (TPSA) is 87.4 Å². The summed E-state index contributed by atoms with van der Waals surface area (Å²) < 4.78 is 1.56. The largest absolute Gasteiger partial charge is 0.343 e. The van der Waals surface area contributed by atoms with E-state index < -0.39 is 0 Å². The fraction of sp³-hybridized carbons (Fsp3) is 0.273. The van der Waals surface area contributed by atoms with Crippen LogP contribution < -0.4 is 5.69 Å². The zero-order valence-corrected chi connectivity index (χ0v) is 10.6. The molecule has 0 fully saturated rings. The van der Waals surface area contributed by atoms with Gasteiger partial charge >= 0.3 is 5.69 Å². The van der Waals surface area contributed by atoms with Gasteiger partial charge in [0.25, 0.3) is 0 Å². The molecule has 0 saturated carbocycles. The monoisotopic (exact) mass is 261 g/mol. The number of nitrogens with zero attached hydrogens (tertiary/aromatic N) is 4. The highest BCUT2D eigenvalue weighted by Crippen LogP contribution is 2.23. The molecule has 2 aromatic heterocycles. The summed E-state index contributed by atoms with van der Waals surface area (Å²) in [5, 5.41) is 16.4. The van der Waals surface area contributed by atoms with E-state index >= 15 is 0 Å². The Morgan fingerprint density at radius 2 is 2.44 bits per heavy atom. The molecule has 2 rings (SSSR count). The second kappa shape index (κ2) is 5.51. The van der Waals surface area contributed by atoms with Crippen LogP contribution in [0.4, 0.5) is 0 Å². The Morgan fingerprint density at radius 3 is 3.17 bits per heavy atom. The van der Waals surface area contributed by atoms with Crippen LogP contribution >= 0.6 is 11.8 Å². The van der Waals surface area contributed by atoms with Gasteiger partial charge in [-0.15, -0.1) is 5.10 Å². The Labute approximate surface area is 108 Å². The van der Waals surface area contributed by atoms with E-state index in [0.29, 0.717) is 22.3 Å². The number of aromatic amines is 1. The summed E-state index contributed by atoms with van der Waals surface area (Å²) in [4.78, 5) is 15.6. The number of hydrogen-bond acceptors (Lipinski definition) is 5. The summed E-state index contributed by atoms with van der Waals surface area (Å²) in [5.74, 6) is 0. The van der Waals surface area contributed by atoms with Gasteiger partial charge in [-0.2, -0.15) is 5.26 Å². The maximum atomic E-state index is 11.5. The molecular weight excluding hydrogens is 250 g/mol. The van der Waals surface area contributed by atoms with Crippen LogP contribution in [-0.4, -0.2) is 19.7 Å².